The van der Waals surface area contributed by atoms with E-state index in [1.165, 1.54) is 22.4 Å². The molecule has 1 saturated heterocycles. The smallest absolute Gasteiger partial charge is 0.0991 e. The normalized spacial score (nSPS) is 14.8. The number of aromatic nitrogens is 2. The number of rotatable bonds is 4. The van der Waals surface area contributed by atoms with E-state index < -0.39 is 0 Å². The number of H-pyrrole nitrogens is 1. The maximum Gasteiger partial charge on any atom is 0.0991 e. The van der Waals surface area contributed by atoms with Crippen LogP contribution >= 0.6 is 0 Å². The first-order valence-electron chi connectivity index (χ1n) is 9.72. The molecule has 5 heteroatoms. The number of hydrogen-bond acceptors (Lipinski definition) is 4. The SMILES string of the molecule is Cc1ccc(N2CCN(Cc3c[nH]nc3-c3ccc(C#N)cc3)CC2)cc1C. The third-order valence-electron chi connectivity index (χ3n) is 5.63. The predicted octanol–water partition coefficient (Wildman–Crippen LogP) is 3.89. The van der Waals surface area contributed by atoms with E-state index in [-0.39, 0.29) is 0 Å². The molecule has 0 spiro atoms. The lowest BCUT2D eigenvalue weighted by molar-refractivity contribution is 0.250. The van der Waals surface area contributed by atoms with Crippen molar-refractivity contribution < 1.29 is 0 Å². The average Bonchev–Trinajstić information content (AvgIpc) is 3.19. The van der Waals surface area contributed by atoms with Crippen LogP contribution in [0.25, 0.3) is 11.3 Å². The van der Waals surface area contributed by atoms with Crippen LogP contribution in [0.15, 0.2) is 48.7 Å². The molecule has 4 rings (SSSR count). The monoisotopic (exact) mass is 371 g/mol. The third-order valence-corrected chi connectivity index (χ3v) is 5.63. The first-order chi connectivity index (χ1) is 13.6. The van der Waals surface area contributed by atoms with E-state index in [1.54, 1.807) is 0 Å². The quantitative estimate of drug-likeness (QED) is 0.756. The van der Waals surface area contributed by atoms with Crippen LogP contribution in [0.1, 0.15) is 22.3 Å². The van der Waals surface area contributed by atoms with Gasteiger partial charge < -0.3 is 4.90 Å². The fourth-order valence-electron chi connectivity index (χ4n) is 3.72. The number of benzene rings is 2. The van der Waals surface area contributed by atoms with Crippen molar-refractivity contribution in [3.63, 3.8) is 0 Å². The fourth-order valence-corrected chi connectivity index (χ4v) is 3.72. The van der Waals surface area contributed by atoms with Crippen LogP contribution in [0.4, 0.5) is 5.69 Å². The zero-order valence-corrected chi connectivity index (χ0v) is 16.4. The number of aryl methyl sites for hydroxylation is 2. The molecule has 0 bridgehead atoms. The molecule has 1 aliphatic rings. The van der Waals surface area contributed by atoms with Gasteiger partial charge in [-0.25, -0.2) is 0 Å². The van der Waals surface area contributed by atoms with Gasteiger partial charge in [-0.1, -0.05) is 18.2 Å². The summed E-state index contributed by atoms with van der Waals surface area (Å²) in [5, 5.41) is 16.4. The standard InChI is InChI=1S/C23H25N5/c1-17-3-8-22(13-18(17)2)28-11-9-27(10-12-28)16-21-15-25-26-23(21)20-6-4-19(14-24)5-7-20/h3-8,13,15H,9-12,16H2,1-2H3,(H,25,26). The first kappa shape index (κ1) is 18.3. The molecule has 0 aliphatic carbocycles. The summed E-state index contributed by atoms with van der Waals surface area (Å²) in [4.78, 5) is 4.95. The van der Waals surface area contributed by atoms with Crippen molar-refractivity contribution in [1.82, 2.24) is 15.1 Å². The summed E-state index contributed by atoms with van der Waals surface area (Å²) >= 11 is 0. The van der Waals surface area contributed by atoms with Crippen LogP contribution in [0.5, 0.6) is 0 Å². The summed E-state index contributed by atoms with van der Waals surface area (Å²) < 4.78 is 0. The highest BCUT2D eigenvalue weighted by atomic mass is 15.3. The lowest BCUT2D eigenvalue weighted by Crippen LogP contribution is -2.46. The van der Waals surface area contributed by atoms with Crippen LogP contribution in [0.3, 0.4) is 0 Å². The Hall–Kier alpha value is -3.10. The molecular weight excluding hydrogens is 346 g/mol. The second-order valence-electron chi connectivity index (χ2n) is 7.48. The summed E-state index contributed by atoms with van der Waals surface area (Å²) in [6, 6.07) is 16.5. The predicted molar refractivity (Wildman–Crippen MR) is 112 cm³/mol. The highest BCUT2D eigenvalue weighted by Crippen LogP contribution is 2.24. The van der Waals surface area contributed by atoms with E-state index in [0.29, 0.717) is 5.56 Å². The van der Waals surface area contributed by atoms with E-state index in [2.05, 4.69) is 58.1 Å². The molecule has 5 nitrogen and oxygen atoms in total. The summed E-state index contributed by atoms with van der Waals surface area (Å²) in [7, 11) is 0. The van der Waals surface area contributed by atoms with Crippen molar-refractivity contribution in [2.24, 2.45) is 0 Å². The van der Waals surface area contributed by atoms with Gasteiger partial charge >= 0.3 is 0 Å². The van der Waals surface area contributed by atoms with E-state index >= 15 is 0 Å². The zero-order valence-electron chi connectivity index (χ0n) is 16.4. The first-order valence-corrected chi connectivity index (χ1v) is 9.72. The van der Waals surface area contributed by atoms with Gasteiger partial charge in [-0.15, -0.1) is 0 Å². The minimum atomic E-state index is 0.670. The molecule has 142 valence electrons. The Morgan fingerprint density at radius 1 is 1.00 bits per heavy atom. The van der Waals surface area contributed by atoms with Gasteiger partial charge in [-0.05, 0) is 49.2 Å². The Morgan fingerprint density at radius 3 is 2.43 bits per heavy atom. The van der Waals surface area contributed by atoms with Crippen LogP contribution in [0.2, 0.25) is 0 Å². The van der Waals surface area contributed by atoms with E-state index in [0.717, 1.165) is 44.0 Å². The number of nitrogens with one attached hydrogen (secondary N) is 1. The van der Waals surface area contributed by atoms with Gasteiger partial charge in [0.1, 0.15) is 0 Å². The van der Waals surface area contributed by atoms with Crippen LogP contribution < -0.4 is 4.90 Å². The molecule has 2 aromatic carbocycles. The van der Waals surface area contributed by atoms with Crippen LogP contribution in [-0.2, 0) is 6.54 Å². The Labute approximate surface area is 166 Å². The van der Waals surface area contributed by atoms with E-state index in [9.17, 15) is 0 Å². The Balaban J connectivity index is 1.41. The highest BCUT2D eigenvalue weighted by Gasteiger charge is 2.19. The topological polar surface area (TPSA) is 58.9 Å². The lowest BCUT2D eigenvalue weighted by atomic mass is 10.1. The van der Waals surface area contributed by atoms with Gasteiger partial charge in [0.2, 0.25) is 0 Å². The largest absolute Gasteiger partial charge is 0.369 e. The lowest BCUT2D eigenvalue weighted by Gasteiger charge is -2.36. The Bertz CT molecular complexity index is 989. The molecule has 0 atom stereocenters. The van der Waals surface area contributed by atoms with Gasteiger partial charge in [0.25, 0.3) is 0 Å². The number of hydrogen-bond donors (Lipinski definition) is 1. The fraction of sp³-hybridized carbons (Fsp3) is 0.304. The molecule has 1 aromatic heterocycles. The second-order valence-corrected chi connectivity index (χ2v) is 7.48. The van der Waals surface area contributed by atoms with Crippen molar-refractivity contribution in [2.45, 2.75) is 20.4 Å². The Morgan fingerprint density at radius 2 is 1.75 bits per heavy atom. The van der Waals surface area contributed by atoms with E-state index in [4.69, 9.17) is 5.26 Å². The van der Waals surface area contributed by atoms with Crippen LogP contribution in [0, 0.1) is 25.2 Å². The minimum absolute atomic E-state index is 0.670. The van der Waals surface area contributed by atoms with Crippen molar-refractivity contribution in [3.05, 3.63) is 70.9 Å². The molecule has 1 aliphatic heterocycles. The van der Waals surface area contributed by atoms with Gasteiger partial charge in [-0.2, -0.15) is 10.4 Å². The van der Waals surface area contributed by atoms with Gasteiger partial charge in [0.15, 0.2) is 0 Å². The van der Waals surface area contributed by atoms with Gasteiger partial charge in [0, 0.05) is 55.7 Å². The second kappa shape index (κ2) is 7.87. The molecule has 0 unspecified atom stereocenters. The molecule has 2 heterocycles. The molecule has 28 heavy (non-hydrogen) atoms. The molecule has 1 fully saturated rings. The number of anilines is 1. The molecule has 3 aromatic rings. The molecule has 0 radical (unpaired) electrons. The van der Waals surface area contributed by atoms with Crippen molar-refractivity contribution >= 4 is 5.69 Å². The molecule has 0 amide bonds. The minimum Gasteiger partial charge on any atom is -0.369 e. The molecule has 0 saturated carbocycles. The number of piperazine rings is 1. The van der Waals surface area contributed by atoms with E-state index in [1.807, 2.05) is 30.5 Å². The number of nitriles is 1. The van der Waals surface area contributed by atoms with Crippen LogP contribution in [-0.4, -0.2) is 41.3 Å². The summed E-state index contributed by atoms with van der Waals surface area (Å²) in [6.45, 7) is 9.35. The third kappa shape index (κ3) is 3.78. The Kier molecular flexibility index (Phi) is 5.14. The van der Waals surface area contributed by atoms with Crippen molar-refractivity contribution in [1.29, 1.82) is 5.26 Å². The highest BCUT2D eigenvalue weighted by molar-refractivity contribution is 5.63. The maximum absolute atomic E-state index is 8.98. The average molecular weight is 371 g/mol. The molecule has 1 N–H and O–H groups in total. The zero-order chi connectivity index (χ0) is 19.5. The maximum atomic E-state index is 8.98. The van der Waals surface area contributed by atoms with Crippen molar-refractivity contribution in [2.75, 3.05) is 31.1 Å². The number of aromatic amines is 1. The molecular formula is C23H25N5. The summed E-state index contributed by atoms with van der Waals surface area (Å²) in [5.41, 5.74) is 7.91. The van der Waals surface area contributed by atoms with Gasteiger partial charge in [-0.3, -0.25) is 10.00 Å². The van der Waals surface area contributed by atoms with Gasteiger partial charge in [0.05, 0.1) is 17.3 Å². The van der Waals surface area contributed by atoms with Crippen molar-refractivity contribution in [3.8, 4) is 17.3 Å². The number of nitrogens with zero attached hydrogens (tertiary/aromatic N) is 4. The summed E-state index contributed by atoms with van der Waals surface area (Å²) in [6.07, 6.45) is 1.99. The summed E-state index contributed by atoms with van der Waals surface area (Å²) in [5.74, 6) is 0.